The van der Waals surface area contributed by atoms with Gasteiger partial charge < -0.3 is 4.74 Å². The van der Waals surface area contributed by atoms with Crippen LogP contribution in [0, 0.1) is 23.5 Å². The van der Waals surface area contributed by atoms with Gasteiger partial charge in [-0.2, -0.15) is 0 Å². The Kier molecular flexibility index (Phi) is 5.50. The van der Waals surface area contributed by atoms with E-state index >= 15 is 0 Å². The fourth-order valence-electron chi connectivity index (χ4n) is 3.11. The van der Waals surface area contributed by atoms with E-state index in [2.05, 4.69) is 26.5 Å². The van der Waals surface area contributed by atoms with Gasteiger partial charge in [0.1, 0.15) is 33.6 Å². The van der Waals surface area contributed by atoms with E-state index in [-0.39, 0.29) is 11.6 Å². The van der Waals surface area contributed by atoms with Crippen LogP contribution in [-0.4, -0.2) is 29.9 Å². The summed E-state index contributed by atoms with van der Waals surface area (Å²) in [5.74, 6) is 3.67. The Balaban J connectivity index is 1.77. The molecule has 3 heterocycles. The largest absolute Gasteiger partial charge is 0.480 e. The van der Waals surface area contributed by atoms with E-state index in [1.54, 1.807) is 35.9 Å². The van der Waals surface area contributed by atoms with Gasteiger partial charge in [0.15, 0.2) is 0 Å². The zero-order valence-electron chi connectivity index (χ0n) is 16.9. The van der Waals surface area contributed by atoms with Crippen molar-refractivity contribution < 1.29 is 21.9 Å². The molecule has 0 aliphatic heterocycles. The van der Waals surface area contributed by atoms with Crippen LogP contribution in [0.15, 0.2) is 59.9 Å². The van der Waals surface area contributed by atoms with Crippen molar-refractivity contribution in [3.63, 3.8) is 0 Å². The summed E-state index contributed by atoms with van der Waals surface area (Å²) in [6.07, 6.45) is 4.96. The predicted molar refractivity (Wildman–Crippen MR) is 115 cm³/mol. The second-order valence-electron chi connectivity index (χ2n) is 6.63. The van der Waals surface area contributed by atoms with Crippen LogP contribution in [0.5, 0.6) is 5.88 Å². The van der Waals surface area contributed by atoms with E-state index in [1.807, 2.05) is 0 Å². The summed E-state index contributed by atoms with van der Waals surface area (Å²) < 4.78 is 61.9. The van der Waals surface area contributed by atoms with E-state index in [1.165, 1.54) is 19.4 Å². The van der Waals surface area contributed by atoms with Crippen LogP contribution >= 0.6 is 0 Å². The summed E-state index contributed by atoms with van der Waals surface area (Å²) in [7, 11) is -3.05. The Morgan fingerprint density at radius 1 is 1.06 bits per heavy atom. The van der Waals surface area contributed by atoms with E-state index in [4.69, 9.17) is 4.74 Å². The standard InChI is InChI=1S/C22H16F2N4O3S/c1-3-4-17-12-25-21-8-5-14(13-28(17)21)15-9-19(22(31-2)26-11-15)27-32(29,30)20-7-6-16(23)10-18(20)24/h5-13,27H,1-2H3. The van der Waals surface area contributed by atoms with E-state index in [0.29, 0.717) is 28.5 Å². The number of methoxy groups -OCH3 is 1. The Morgan fingerprint density at radius 3 is 2.59 bits per heavy atom. The van der Waals surface area contributed by atoms with Crippen molar-refractivity contribution in [3.8, 4) is 28.8 Å². The zero-order chi connectivity index (χ0) is 22.9. The third-order valence-corrected chi connectivity index (χ3v) is 5.96. The molecule has 0 unspecified atom stereocenters. The van der Waals surface area contributed by atoms with E-state index in [0.717, 1.165) is 12.1 Å². The Labute approximate surface area is 182 Å². The quantitative estimate of drug-likeness (QED) is 0.463. The van der Waals surface area contributed by atoms with E-state index in [9.17, 15) is 17.2 Å². The summed E-state index contributed by atoms with van der Waals surface area (Å²) in [6, 6.07) is 7.30. The minimum Gasteiger partial charge on any atom is -0.480 e. The van der Waals surface area contributed by atoms with Crippen LogP contribution in [0.1, 0.15) is 12.6 Å². The summed E-state index contributed by atoms with van der Waals surface area (Å²) in [4.78, 5) is 7.74. The molecule has 4 aromatic rings. The summed E-state index contributed by atoms with van der Waals surface area (Å²) in [5, 5.41) is 0. The van der Waals surface area contributed by atoms with Gasteiger partial charge in [0.25, 0.3) is 10.0 Å². The van der Waals surface area contributed by atoms with Gasteiger partial charge in [-0.05, 0) is 43.2 Å². The molecular formula is C22H16F2N4O3S. The molecule has 0 aliphatic carbocycles. The maximum Gasteiger partial charge on any atom is 0.264 e. The molecule has 7 nitrogen and oxygen atoms in total. The number of ether oxygens (including phenoxy) is 1. The third-order valence-electron chi connectivity index (χ3n) is 4.56. The van der Waals surface area contributed by atoms with Gasteiger partial charge in [-0.3, -0.25) is 9.12 Å². The minimum atomic E-state index is -4.38. The fraction of sp³-hybridized carbons (Fsp3) is 0.0909. The highest BCUT2D eigenvalue weighted by Gasteiger charge is 2.22. The first kappa shape index (κ1) is 21.3. The van der Waals surface area contributed by atoms with Crippen molar-refractivity contribution in [1.82, 2.24) is 14.4 Å². The molecule has 0 fully saturated rings. The predicted octanol–water partition coefficient (Wildman–Crippen LogP) is 3.86. The lowest BCUT2D eigenvalue weighted by Gasteiger charge is -2.13. The number of sulfonamides is 1. The second kappa shape index (κ2) is 8.28. The molecule has 10 heteroatoms. The molecular weight excluding hydrogens is 438 g/mol. The van der Waals surface area contributed by atoms with Crippen LogP contribution in [0.4, 0.5) is 14.5 Å². The monoisotopic (exact) mass is 454 g/mol. The molecule has 0 amide bonds. The molecule has 0 radical (unpaired) electrons. The van der Waals surface area contributed by atoms with Crippen LogP contribution in [0.3, 0.4) is 0 Å². The molecule has 0 saturated carbocycles. The lowest BCUT2D eigenvalue weighted by molar-refractivity contribution is 0.400. The Bertz CT molecular complexity index is 1500. The molecule has 0 aliphatic rings. The van der Waals surface area contributed by atoms with E-state index < -0.39 is 26.6 Å². The number of pyridine rings is 2. The maximum absolute atomic E-state index is 14.1. The lowest BCUT2D eigenvalue weighted by Crippen LogP contribution is -2.15. The second-order valence-corrected chi connectivity index (χ2v) is 8.28. The van der Waals surface area contributed by atoms with Crippen LogP contribution in [0.25, 0.3) is 16.8 Å². The number of imidazole rings is 1. The number of hydrogen-bond donors (Lipinski definition) is 1. The molecule has 0 bridgehead atoms. The van der Waals surface area contributed by atoms with Crippen molar-refractivity contribution >= 4 is 21.4 Å². The number of rotatable bonds is 5. The zero-order valence-corrected chi connectivity index (χ0v) is 17.7. The van der Waals surface area contributed by atoms with Gasteiger partial charge in [-0.1, -0.05) is 5.92 Å². The van der Waals surface area contributed by atoms with Crippen molar-refractivity contribution in [3.05, 3.63) is 72.3 Å². The SMILES string of the molecule is CC#Cc1cnc2ccc(-c3cnc(OC)c(NS(=O)(=O)c4ccc(F)cc4F)c3)cn12. The van der Waals surface area contributed by atoms with Gasteiger partial charge in [0.2, 0.25) is 5.88 Å². The highest BCUT2D eigenvalue weighted by molar-refractivity contribution is 7.92. The number of anilines is 1. The average Bonchev–Trinajstić information content (AvgIpc) is 3.15. The summed E-state index contributed by atoms with van der Waals surface area (Å²) in [5.41, 5.74) is 2.65. The van der Waals surface area contributed by atoms with Crippen molar-refractivity contribution in [1.29, 1.82) is 0 Å². The smallest absolute Gasteiger partial charge is 0.264 e. The number of fused-ring (bicyclic) bond motifs is 1. The Morgan fingerprint density at radius 2 is 1.88 bits per heavy atom. The summed E-state index contributed by atoms with van der Waals surface area (Å²) in [6.45, 7) is 1.72. The van der Waals surface area contributed by atoms with Gasteiger partial charge in [-0.15, -0.1) is 0 Å². The molecule has 1 aromatic carbocycles. The Hall–Kier alpha value is -3.97. The molecule has 3 aromatic heterocycles. The molecule has 162 valence electrons. The number of benzene rings is 1. The molecule has 0 saturated heterocycles. The number of nitrogens with zero attached hydrogens (tertiary/aromatic N) is 3. The van der Waals surface area contributed by atoms with Crippen LogP contribution in [-0.2, 0) is 10.0 Å². The maximum atomic E-state index is 14.1. The topological polar surface area (TPSA) is 85.6 Å². The van der Waals surface area contributed by atoms with Gasteiger partial charge in [0, 0.05) is 29.6 Å². The number of hydrogen-bond acceptors (Lipinski definition) is 5. The third kappa shape index (κ3) is 3.98. The number of nitrogens with one attached hydrogen (secondary N) is 1. The highest BCUT2D eigenvalue weighted by Crippen LogP contribution is 2.31. The molecule has 32 heavy (non-hydrogen) atoms. The van der Waals surface area contributed by atoms with Crippen LogP contribution < -0.4 is 9.46 Å². The normalized spacial score (nSPS) is 11.1. The van der Waals surface area contributed by atoms with Gasteiger partial charge in [-0.25, -0.2) is 27.2 Å². The average molecular weight is 454 g/mol. The highest BCUT2D eigenvalue weighted by atomic mass is 32.2. The first-order valence-electron chi connectivity index (χ1n) is 9.24. The molecule has 0 atom stereocenters. The number of aromatic nitrogens is 3. The first-order valence-corrected chi connectivity index (χ1v) is 10.7. The minimum absolute atomic E-state index is 0.00646. The van der Waals surface area contributed by atoms with Gasteiger partial charge >= 0.3 is 0 Å². The first-order chi connectivity index (χ1) is 15.3. The van der Waals surface area contributed by atoms with Crippen LogP contribution in [0.2, 0.25) is 0 Å². The van der Waals surface area contributed by atoms with Gasteiger partial charge in [0.05, 0.1) is 13.3 Å². The lowest BCUT2D eigenvalue weighted by atomic mass is 10.1. The van der Waals surface area contributed by atoms with Crippen molar-refractivity contribution in [2.45, 2.75) is 11.8 Å². The summed E-state index contributed by atoms with van der Waals surface area (Å²) >= 11 is 0. The fourth-order valence-corrected chi connectivity index (χ4v) is 4.22. The van der Waals surface area contributed by atoms with Crippen molar-refractivity contribution in [2.24, 2.45) is 0 Å². The molecule has 4 rings (SSSR count). The molecule has 1 N–H and O–H groups in total. The molecule has 0 spiro atoms. The van der Waals surface area contributed by atoms with Crippen molar-refractivity contribution in [2.75, 3.05) is 11.8 Å². The number of halogens is 2.